The summed E-state index contributed by atoms with van der Waals surface area (Å²) in [5.41, 5.74) is 37.3. The quantitative estimate of drug-likeness (QED) is 0.0240. The molecule has 4 aliphatic carbocycles. The zero-order valence-electron chi connectivity index (χ0n) is 80.6. The maximum absolute atomic E-state index is 12.6. The average Bonchev–Trinajstić information content (AvgIpc) is 1.51. The summed E-state index contributed by atoms with van der Waals surface area (Å²) < 4.78 is 58.5. The number of hydrogen-bond donors (Lipinski definition) is 3. The van der Waals surface area contributed by atoms with Crippen LogP contribution in [0.3, 0.4) is 0 Å². The normalized spacial score (nSPS) is 15.5. The summed E-state index contributed by atoms with van der Waals surface area (Å²) in [5, 5.41) is 12.1. The Morgan fingerprint density at radius 1 is 0.338 bits per heavy atom. The van der Waals surface area contributed by atoms with E-state index in [2.05, 4.69) is 245 Å². The molecule has 2 unspecified atom stereocenters. The Balaban J connectivity index is 0.000000243. The lowest BCUT2D eigenvalue weighted by Crippen LogP contribution is -2.33. The lowest BCUT2D eigenvalue weighted by Gasteiger charge is -2.33. The number of fused-ring (bicyclic) bond motifs is 12. The molecular weight excluding hydrogens is 1790 g/mol. The molecule has 0 aromatic heterocycles. The van der Waals surface area contributed by atoms with E-state index in [1.165, 1.54) is 134 Å². The van der Waals surface area contributed by atoms with E-state index in [-0.39, 0.29) is 41.6 Å². The van der Waals surface area contributed by atoms with Gasteiger partial charge in [-0.2, -0.15) is 0 Å². The fourth-order valence-corrected chi connectivity index (χ4v) is 21.4. The van der Waals surface area contributed by atoms with Crippen molar-refractivity contribution >= 4 is 49.9 Å². The molecule has 0 spiro atoms. The lowest BCUT2D eigenvalue weighted by atomic mass is 9.71. The molecule has 4 N–H and O–H groups in total. The van der Waals surface area contributed by atoms with Gasteiger partial charge in [0.1, 0.15) is 11.2 Å². The minimum atomic E-state index is -0.746. The van der Waals surface area contributed by atoms with Gasteiger partial charge >= 0.3 is 18.0 Å². The number of halogens is 2. The summed E-state index contributed by atoms with van der Waals surface area (Å²) in [7, 11) is 6.85. The Labute approximate surface area is 809 Å². The first-order valence-electron chi connectivity index (χ1n) is 48.2. The van der Waals surface area contributed by atoms with Crippen molar-refractivity contribution in [2.75, 3.05) is 121 Å². The number of nitrogens with one attached hydrogen (secondary N) is 1. The van der Waals surface area contributed by atoms with Crippen LogP contribution in [0.15, 0.2) is 203 Å². The van der Waals surface area contributed by atoms with Crippen molar-refractivity contribution in [3.63, 3.8) is 0 Å². The standard InChI is InChI=1S/C62H78BrNO8.C53H62BrNO6.H2/c1-59(2,3)71-57(65)16-12-15-43-17-19-44(20-18-43)45-21-25-49-50-26-22-46(40-54(50)61(7,53(49)39-45)29-10-11-32-64-58(66)72-60(4,5)6)47-23-27-51-52-28-24-48(63)42-56(52)62(55(51)41-47,30-13-33-69-37-35-67-8)31-14-34-70-38-36-68-9;1-52(23-4-5-26-55)47-33-39(38-13-11-37(12-14-38)9-6-10-51(56)57)15-19-43(47)44-20-16-40(34-48(44)52)41-17-21-45-46-22-18-42(54)36-50(46)53(49(45)35-41,24-7-27-60-31-29-58-2)25-8-28-61-32-30-59-3;/h17-28,39-42H,10-16,29-38H2,1-9H3,(H,64,66);11-22,33-36H,4-10,23-32,55H2,1-3H3,(H,56,57);1H/i;;1+1. The van der Waals surface area contributed by atoms with E-state index in [1.54, 1.807) is 28.4 Å². The first kappa shape index (κ1) is 101. The Kier molecular flexibility index (Phi) is 36.0. The largest absolute Gasteiger partial charge is 0.481 e. The van der Waals surface area contributed by atoms with Crippen molar-refractivity contribution in [2.45, 2.75) is 217 Å². The van der Waals surface area contributed by atoms with Crippen LogP contribution in [0.25, 0.3) is 89.0 Å². The number of ether oxygens (including phenoxy) is 10. The van der Waals surface area contributed by atoms with Crippen molar-refractivity contribution < 1.29 is 68.3 Å². The summed E-state index contributed by atoms with van der Waals surface area (Å²) in [4.78, 5) is 36.0. The first-order chi connectivity index (χ1) is 64.2. The van der Waals surface area contributed by atoms with Gasteiger partial charge in [0.05, 0.1) is 52.9 Å². The summed E-state index contributed by atoms with van der Waals surface area (Å²) in [6, 6.07) is 73.5. The maximum atomic E-state index is 12.6. The van der Waals surface area contributed by atoms with E-state index in [0.29, 0.717) is 105 Å². The average molecular weight is 1940 g/mol. The second-order valence-corrected chi connectivity index (χ2v) is 40.6. The van der Waals surface area contributed by atoms with Crippen molar-refractivity contribution in [1.29, 1.82) is 0 Å². The predicted molar refractivity (Wildman–Crippen MR) is 546 cm³/mol. The number of benzene rings is 10. The van der Waals surface area contributed by atoms with Crippen LogP contribution in [0.4, 0.5) is 4.79 Å². The summed E-state index contributed by atoms with van der Waals surface area (Å²) in [5.74, 6) is -0.899. The van der Waals surface area contributed by atoms with Gasteiger partial charge in [-0.15, -0.1) is 0 Å². The molecular formula is C115H142Br2N2O14. The number of amides is 1. The number of carbonyl (C=O) groups is 3. The van der Waals surface area contributed by atoms with Crippen LogP contribution in [0.1, 0.15) is 228 Å². The summed E-state index contributed by atoms with van der Waals surface area (Å²) in [6.07, 6.45) is 16.4. The fourth-order valence-electron chi connectivity index (χ4n) is 20.7. The number of methoxy groups -OCH3 is 4. The molecule has 2 atom stereocenters. The molecule has 0 aliphatic heterocycles. The number of rotatable bonds is 49. The zero-order chi connectivity index (χ0) is 94.3. The topological polar surface area (TPSA) is 202 Å². The maximum Gasteiger partial charge on any atom is 0.407 e. The van der Waals surface area contributed by atoms with E-state index >= 15 is 0 Å². The molecule has 0 saturated carbocycles. The number of hydrogen-bond acceptors (Lipinski definition) is 14. The highest BCUT2D eigenvalue weighted by molar-refractivity contribution is 9.10. The Morgan fingerprint density at radius 2 is 0.632 bits per heavy atom. The molecule has 14 rings (SSSR count). The van der Waals surface area contributed by atoms with Crippen LogP contribution < -0.4 is 11.1 Å². The number of esters is 1. The highest BCUT2D eigenvalue weighted by Gasteiger charge is 2.47. The number of carboxylic acids is 1. The van der Waals surface area contributed by atoms with E-state index in [0.717, 1.165) is 129 Å². The van der Waals surface area contributed by atoms with E-state index in [1.807, 2.05) is 41.5 Å². The van der Waals surface area contributed by atoms with Gasteiger partial charge in [-0.05, 0) is 356 Å². The summed E-state index contributed by atoms with van der Waals surface area (Å²) >= 11 is 7.69. The predicted octanol–water partition coefficient (Wildman–Crippen LogP) is 26.6. The SMILES string of the molecule is COCCOCCCC1(CCCOCCOC)c2cc(Br)ccc2-c2ccc(-c3ccc4c(c3)C(C)(CCCCN)c3cc(-c5ccc(CCCC(=O)O)cc5)ccc3-4)cc21.COCCOCCCC1(CCCOCCOC)c2cc(Br)ccc2-c2ccc(-c3ccc4c(c3)C(C)(CCCCNC(=O)OC(C)(C)C)c3cc(-c5ccc(CCCC(=O)OC(C)(C)C)cc5)ccc3-4)cc21.[2HH]. The Bertz CT molecular complexity index is 5550. The Hall–Kier alpha value is -8.99. The molecule has 1 amide bonds. The minimum absolute atomic E-state index is 0. The molecule has 16 nitrogen and oxygen atoms in total. The second-order valence-electron chi connectivity index (χ2n) is 38.8. The number of aliphatic carboxylic acids is 1. The fraction of sp³-hybridized carbons (Fsp3) is 0.452. The van der Waals surface area contributed by atoms with Gasteiger partial charge in [0.15, 0.2) is 0 Å². The molecule has 0 saturated heterocycles. The summed E-state index contributed by atoms with van der Waals surface area (Å²) in [6.45, 7) is 24.8. The number of unbranched alkanes of at least 4 members (excludes halogenated alkanes) is 2. The molecule has 0 fully saturated rings. The first-order valence-corrected chi connectivity index (χ1v) is 49.8. The van der Waals surface area contributed by atoms with Gasteiger partial charge < -0.3 is 63.5 Å². The van der Waals surface area contributed by atoms with Crippen molar-refractivity contribution in [1.82, 2.24) is 5.32 Å². The van der Waals surface area contributed by atoms with E-state index in [9.17, 15) is 14.4 Å². The highest BCUT2D eigenvalue weighted by Crippen LogP contribution is 2.60. The lowest BCUT2D eigenvalue weighted by molar-refractivity contribution is -0.155. The molecule has 710 valence electrons. The van der Waals surface area contributed by atoms with Crippen LogP contribution in [0.2, 0.25) is 0 Å². The van der Waals surface area contributed by atoms with Crippen molar-refractivity contribution in [2.24, 2.45) is 5.73 Å². The van der Waals surface area contributed by atoms with Crippen molar-refractivity contribution in [3.8, 4) is 89.0 Å². The van der Waals surface area contributed by atoms with Crippen LogP contribution in [-0.4, -0.2) is 155 Å². The van der Waals surface area contributed by atoms with Gasteiger partial charge in [0.25, 0.3) is 0 Å². The Morgan fingerprint density at radius 3 is 0.955 bits per heavy atom. The number of alkyl carbamates (subject to hydrolysis) is 1. The number of aryl methyl sites for hydroxylation is 2. The molecule has 0 heterocycles. The number of nitrogens with two attached hydrogens (primary N) is 1. The third-order valence-electron chi connectivity index (χ3n) is 27.2. The smallest absolute Gasteiger partial charge is 0.407 e. The molecule has 0 bridgehead atoms. The molecule has 10 aromatic carbocycles. The van der Waals surface area contributed by atoms with Crippen molar-refractivity contribution in [3.05, 3.63) is 259 Å². The van der Waals surface area contributed by atoms with Crippen LogP contribution in [0.5, 0.6) is 0 Å². The van der Waals surface area contributed by atoms with E-state index in [4.69, 9.17) is 58.2 Å². The molecule has 4 aliphatic rings. The third-order valence-corrected chi connectivity index (χ3v) is 28.2. The molecule has 133 heavy (non-hydrogen) atoms. The van der Waals surface area contributed by atoms with Crippen LogP contribution in [-0.2, 0) is 91.5 Å². The second kappa shape index (κ2) is 47.2. The van der Waals surface area contributed by atoms with E-state index < -0.39 is 17.2 Å². The molecule has 18 heteroatoms. The number of carboxylic acid groups (broad SMARTS) is 1. The molecule has 0 radical (unpaired) electrons. The van der Waals surface area contributed by atoms with Gasteiger partial charge in [-0.3, -0.25) is 9.59 Å². The number of carbonyl (C=O) groups excluding carboxylic acids is 2. The highest BCUT2D eigenvalue weighted by atomic mass is 79.9. The third kappa shape index (κ3) is 25.1. The van der Waals surface area contributed by atoms with Gasteiger partial charge in [-0.1, -0.05) is 192 Å². The van der Waals surface area contributed by atoms with Gasteiger partial charge in [-0.25, -0.2) is 4.79 Å². The van der Waals surface area contributed by atoms with Crippen LogP contribution in [0, 0.1) is 0 Å². The minimum Gasteiger partial charge on any atom is -0.481 e. The van der Waals surface area contributed by atoms with Gasteiger partial charge in [0.2, 0.25) is 0 Å². The van der Waals surface area contributed by atoms with Gasteiger partial charge in [0, 0.05) is 106 Å². The zero-order valence-corrected chi connectivity index (χ0v) is 83.8. The monoisotopic (exact) mass is 1930 g/mol. The molecule has 10 aromatic rings. The van der Waals surface area contributed by atoms with Crippen LogP contribution >= 0.6 is 31.9 Å².